The lowest BCUT2D eigenvalue weighted by Crippen LogP contribution is -2.58. The molecule has 8 N–H and O–H groups in total. The van der Waals surface area contributed by atoms with E-state index in [1.807, 2.05) is 84.9 Å². The summed E-state index contributed by atoms with van der Waals surface area (Å²) in [5.74, 6) is -3.87. The second kappa shape index (κ2) is 29.8. The van der Waals surface area contributed by atoms with Crippen LogP contribution in [-0.4, -0.2) is 193 Å². The Morgan fingerprint density at radius 1 is 0.578 bits per heavy atom. The van der Waals surface area contributed by atoms with Gasteiger partial charge >= 0.3 is 18.0 Å². The number of carbonyl (C=O) groups excluding carboxylic acids is 7. The van der Waals surface area contributed by atoms with Crippen molar-refractivity contribution in [2.45, 2.75) is 157 Å². The van der Waals surface area contributed by atoms with Crippen molar-refractivity contribution in [1.29, 1.82) is 0 Å². The fourth-order valence-corrected chi connectivity index (χ4v) is 16.4. The second-order valence-electron chi connectivity index (χ2n) is 28.4. The van der Waals surface area contributed by atoms with E-state index in [9.17, 15) is 55.2 Å². The lowest BCUT2D eigenvalue weighted by atomic mass is 10.1. The number of nitrogens with zero attached hydrogens (tertiary/aromatic N) is 5. The molecule has 10 aliphatic rings. The molecule has 4 heterocycles. The summed E-state index contributed by atoms with van der Waals surface area (Å²) in [4.78, 5) is 119. The summed E-state index contributed by atoms with van der Waals surface area (Å²) >= 11 is 0. The Labute approximate surface area is 594 Å². The minimum absolute atomic E-state index is 0. The third-order valence-corrected chi connectivity index (χ3v) is 23.8. The zero-order valence-corrected chi connectivity index (χ0v) is 58.4. The van der Waals surface area contributed by atoms with Gasteiger partial charge in [0.05, 0.1) is 36.2 Å². The van der Waals surface area contributed by atoms with Crippen molar-refractivity contribution in [3.8, 4) is 22.3 Å². The number of likely N-dealkylation sites (tertiary alicyclic amines) is 1. The number of hydrogen-bond donors (Lipinski definition) is 8. The van der Waals surface area contributed by atoms with Crippen LogP contribution < -0.4 is 36.0 Å². The normalized spacial score (nSPS) is 26.0. The molecular weight excluding hydrogens is 1350 g/mol. The molecular formula is C73H90N12O15S2. The molecule has 8 fully saturated rings. The molecule has 4 aliphatic heterocycles. The van der Waals surface area contributed by atoms with Crippen LogP contribution in [0.4, 0.5) is 9.59 Å². The quantitative estimate of drug-likeness (QED) is 0.0274. The number of hydrogen-bond acceptors (Lipinski definition) is 17. The van der Waals surface area contributed by atoms with Gasteiger partial charge in [-0.1, -0.05) is 155 Å². The third kappa shape index (κ3) is 15.6. The van der Waals surface area contributed by atoms with Gasteiger partial charge < -0.3 is 56.1 Å². The van der Waals surface area contributed by atoms with Gasteiger partial charge in [0.15, 0.2) is 0 Å². The fourth-order valence-electron chi connectivity index (χ4n) is 13.7. The number of oxime groups is 2. The molecule has 4 saturated carbocycles. The smallest absolute Gasteiger partial charge is 0.328 e. The zero-order valence-electron chi connectivity index (χ0n) is 56.8. The summed E-state index contributed by atoms with van der Waals surface area (Å²) in [7, 11) is -7.59. The van der Waals surface area contributed by atoms with Gasteiger partial charge in [-0.25, -0.2) is 31.2 Å². The van der Waals surface area contributed by atoms with Crippen LogP contribution in [0, 0.1) is 23.7 Å². The number of carbonyl (C=O) groups is 8. The molecule has 27 nitrogen and oxygen atoms in total. The Bertz CT molecular complexity index is 4200. The van der Waals surface area contributed by atoms with Crippen LogP contribution in [0.5, 0.6) is 0 Å². The summed E-state index contributed by atoms with van der Waals surface area (Å²) in [5.41, 5.74) is 6.68. The minimum Gasteiger partial charge on any atom is -0.480 e. The average Bonchev–Trinajstić information content (AvgIpc) is 1.58. The molecule has 4 aromatic rings. The first kappa shape index (κ1) is 73.7. The summed E-state index contributed by atoms with van der Waals surface area (Å²) in [6.45, 7) is 17.7. The highest BCUT2D eigenvalue weighted by molar-refractivity contribution is 7.91. The number of sulfonamides is 2. The lowest BCUT2D eigenvalue weighted by molar-refractivity contribution is -0.140. The van der Waals surface area contributed by atoms with Gasteiger partial charge in [-0.3, -0.25) is 33.4 Å². The number of amides is 9. The number of nitrogens with one attached hydrogen (secondary N) is 7. The van der Waals surface area contributed by atoms with E-state index >= 15 is 0 Å². The Hall–Kier alpha value is -9.48. The molecule has 0 bridgehead atoms. The highest BCUT2D eigenvalue weighted by atomic mass is 32.2. The maximum Gasteiger partial charge on any atom is 0.328 e. The van der Waals surface area contributed by atoms with Crippen molar-refractivity contribution in [3.63, 3.8) is 0 Å². The number of benzene rings is 4. The van der Waals surface area contributed by atoms with Crippen LogP contribution in [0.3, 0.4) is 0 Å². The van der Waals surface area contributed by atoms with Crippen LogP contribution in [0.15, 0.2) is 133 Å². The van der Waals surface area contributed by atoms with E-state index < -0.39 is 107 Å². The number of carboxylic acids is 1. The Morgan fingerprint density at radius 3 is 1.35 bits per heavy atom. The van der Waals surface area contributed by atoms with Crippen LogP contribution in [0.1, 0.15) is 122 Å². The molecule has 4 saturated heterocycles. The Kier molecular flexibility index (Phi) is 21.6. The standard InChI is InChI=1S/C36H42N6O7S.C27H28N4O5S.C9H16N2O3.CH4/c1-4-22-18-36(22,34(45)40-50(47,48)24-13-14-24)38-32(43)30-17-23(19-42(30)33(44)29-20-41(35(46)37-29)16-15-21(2)3)49-39-31-27-11-7-5-9-25(27)26-10-6-8-12-28(26)31;1-2-16-14-27(16,26(33)31-37(34,35)18-11-12-18)29-25(32)23-13-17(15-28-23)36-30-24-21-9-5-3-7-19(21)20-8-4-6-10-22(20)24;1-6(2)3-4-11-5-7(8(12)13)10-9(11)14;/h4-12,21-24,29-30H,1,13-20H2,2-3H3,(H,37,46)(H,38,43)(H,40,45);2-10,16-18,23,28H,1,11-15H2,(H,29,32)(H,31,33);6-7H,3-5H2,1-2H3,(H,10,14)(H,12,13);1H4/t22-,23-,29+,30+,36-;16-,17-,23+,27-;7-;/m110./s1. The topological polar surface area (TPSA) is 362 Å². The van der Waals surface area contributed by atoms with Crippen molar-refractivity contribution in [3.05, 3.63) is 145 Å². The highest BCUT2D eigenvalue weighted by Gasteiger charge is 2.63. The zero-order chi connectivity index (χ0) is 71.9. The molecule has 4 aromatic carbocycles. The molecule has 6 aliphatic carbocycles. The fraction of sp³-hybridized carbons (Fsp3) is 0.479. The van der Waals surface area contributed by atoms with E-state index in [0.717, 1.165) is 63.1 Å². The van der Waals surface area contributed by atoms with Crippen LogP contribution in [0.25, 0.3) is 22.3 Å². The van der Waals surface area contributed by atoms with E-state index in [4.69, 9.17) is 14.8 Å². The van der Waals surface area contributed by atoms with Gasteiger partial charge in [0, 0.05) is 66.6 Å². The van der Waals surface area contributed by atoms with Crippen molar-refractivity contribution in [2.24, 2.45) is 34.0 Å². The molecule has 0 unspecified atom stereocenters. The monoisotopic (exact) mass is 1440 g/mol. The molecule has 544 valence electrons. The highest BCUT2D eigenvalue weighted by Crippen LogP contribution is 2.47. The van der Waals surface area contributed by atoms with Crippen molar-refractivity contribution >= 4 is 79.0 Å². The van der Waals surface area contributed by atoms with Gasteiger partial charge in [-0.05, 0) is 85.5 Å². The Morgan fingerprint density at radius 2 is 0.971 bits per heavy atom. The largest absolute Gasteiger partial charge is 0.480 e. The molecule has 9 amide bonds. The van der Waals surface area contributed by atoms with Crippen LogP contribution in [-0.2, 0) is 58.5 Å². The lowest BCUT2D eigenvalue weighted by Gasteiger charge is -2.28. The molecule has 29 heteroatoms. The first-order valence-corrected chi connectivity index (χ1v) is 37.6. The predicted octanol–water partition coefficient (Wildman–Crippen LogP) is 5.50. The summed E-state index contributed by atoms with van der Waals surface area (Å²) in [5, 5.41) is 30.5. The SMILES string of the molecule is C.C=C[C@@H]1C[C@]1(NC(=O)[C@@H]1C[C@@H](ON=C2c3ccccc3-c3ccccc32)CN1)C(=O)NS(=O)(=O)C1CC1.C=C[C@@H]1C[C@]1(NC(=O)[C@@H]1C[C@@H](ON=C2c3ccccc3-c3ccccc32)CN1C(=O)[C@@H]1CN(CCC(C)C)C(=O)N1)C(=O)NS(=O)(=O)C1CC1.CC(C)CCN1C[C@@H](C(=O)O)NC1=O. The van der Waals surface area contributed by atoms with Crippen molar-refractivity contribution in [2.75, 3.05) is 39.3 Å². The number of rotatable bonds is 24. The maximum absolute atomic E-state index is 14.1. The van der Waals surface area contributed by atoms with Crippen molar-refractivity contribution < 1.29 is 70.0 Å². The molecule has 10 atom stereocenters. The van der Waals surface area contributed by atoms with Gasteiger partial charge in [0.1, 0.15) is 52.8 Å². The number of carboxylic acid groups (broad SMARTS) is 1. The van der Waals surface area contributed by atoms with E-state index in [1.165, 1.54) is 11.0 Å². The second-order valence-corrected chi connectivity index (χ2v) is 32.3. The minimum atomic E-state index is -3.87. The van der Waals surface area contributed by atoms with Crippen LogP contribution in [0.2, 0.25) is 0 Å². The number of aliphatic carboxylic acids is 1. The van der Waals surface area contributed by atoms with E-state index in [0.29, 0.717) is 75.7 Å². The van der Waals surface area contributed by atoms with Gasteiger partial charge in [0.25, 0.3) is 11.8 Å². The molecule has 0 aromatic heterocycles. The molecule has 0 radical (unpaired) electrons. The summed E-state index contributed by atoms with van der Waals surface area (Å²) < 4.78 is 54.1. The predicted molar refractivity (Wildman–Crippen MR) is 381 cm³/mol. The van der Waals surface area contributed by atoms with Gasteiger partial charge in [-0.2, -0.15) is 0 Å². The average molecular weight is 1440 g/mol. The first-order valence-electron chi connectivity index (χ1n) is 34.5. The third-order valence-electron chi connectivity index (χ3n) is 20.2. The van der Waals surface area contributed by atoms with E-state index in [1.54, 1.807) is 15.9 Å². The Balaban J connectivity index is 0.000000176. The van der Waals surface area contributed by atoms with Gasteiger partial charge in [-0.15, -0.1) is 13.2 Å². The maximum atomic E-state index is 14.1. The summed E-state index contributed by atoms with van der Waals surface area (Å²) in [6.07, 6.45) is 6.68. The molecule has 0 spiro atoms. The van der Waals surface area contributed by atoms with Crippen molar-refractivity contribution in [1.82, 2.24) is 50.7 Å². The molecule has 102 heavy (non-hydrogen) atoms. The van der Waals surface area contributed by atoms with Gasteiger partial charge in [0.2, 0.25) is 37.8 Å². The van der Waals surface area contributed by atoms with Crippen LogP contribution >= 0.6 is 0 Å². The van der Waals surface area contributed by atoms with E-state index in [-0.39, 0.29) is 69.9 Å². The number of urea groups is 2. The first-order chi connectivity index (χ1) is 48.2. The van der Waals surface area contributed by atoms with E-state index in [2.05, 4.69) is 99.3 Å². The summed E-state index contributed by atoms with van der Waals surface area (Å²) in [6, 6.07) is 27.9. The number of fused-ring (bicyclic) bond motifs is 6. The molecule has 14 rings (SSSR count).